The van der Waals surface area contributed by atoms with E-state index in [0.717, 1.165) is 27.3 Å². The van der Waals surface area contributed by atoms with Crippen molar-refractivity contribution in [3.63, 3.8) is 0 Å². The van der Waals surface area contributed by atoms with Gasteiger partial charge < -0.3 is 9.64 Å². The highest BCUT2D eigenvalue weighted by Crippen LogP contribution is 2.38. The molecule has 3 aromatic carbocycles. The quantitative estimate of drug-likeness (QED) is 0.239. The Morgan fingerprint density at radius 2 is 1.73 bits per heavy atom. The van der Waals surface area contributed by atoms with Crippen molar-refractivity contribution in [2.24, 2.45) is 0 Å². The van der Waals surface area contributed by atoms with Crippen LogP contribution in [0.1, 0.15) is 71.8 Å². The van der Waals surface area contributed by atoms with Gasteiger partial charge in [0.05, 0.1) is 12.3 Å². The Kier molecular flexibility index (Phi) is 7.02. The predicted molar refractivity (Wildman–Crippen MR) is 166 cm³/mol. The molecular formula is C34H36N4O2S. The van der Waals surface area contributed by atoms with Gasteiger partial charge in [0.15, 0.2) is 0 Å². The molecule has 2 atom stereocenters. The second-order valence-electron chi connectivity index (χ2n) is 12.2. The van der Waals surface area contributed by atoms with Crippen LogP contribution < -0.4 is 9.46 Å². The summed E-state index contributed by atoms with van der Waals surface area (Å²) in [6.07, 6.45) is 0. The van der Waals surface area contributed by atoms with E-state index in [9.17, 15) is 4.79 Å². The number of aromatic nitrogens is 2. The number of hydrogen-bond donors (Lipinski definition) is 1. The van der Waals surface area contributed by atoms with E-state index in [4.69, 9.17) is 14.7 Å². The molecule has 1 N–H and O–H groups in total. The number of anilines is 1. The minimum absolute atomic E-state index is 0.00987. The van der Waals surface area contributed by atoms with Crippen LogP contribution in [0.4, 0.5) is 5.95 Å². The lowest BCUT2D eigenvalue weighted by Crippen LogP contribution is -2.46. The lowest BCUT2D eigenvalue weighted by molar-refractivity contribution is 0.0590. The number of benzene rings is 3. The van der Waals surface area contributed by atoms with E-state index >= 15 is 0 Å². The topological polar surface area (TPSA) is 67.4 Å². The summed E-state index contributed by atoms with van der Waals surface area (Å²) in [6, 6.07) is 22.6. The monoisotopic (exact) mass is 564 g/mol. The molecule has 6 nitrogen and oxygen atoms in total. The molecule has 41 heavy (non-hydrogen) atoms. The molecule has 3 heterocycles. The molecule has 0 spiro atoms. The van der Waals surface area contributed by atoms with E-state index in [1.165, 1.54) is 28.6 Å². The van der Waals surface area contributed by atoms with E-state index in [1.54, 1.807) is 0 Å². The standard InChI is InChI=1S/C34H36N4O2S/c1-20-9-7-10-21(2)31(20)29-17-30-36-33(35-29)37-41-26-12-8-11-23(16-26)32(39)38-18-24-15-25(34(4,5)6)13-14-27(24)28(19-40-30)22(38)3/h7-17,22,28H,18-19H2,1-6H3,(H,35,36,37). The summed E-state index contributed by atoms with van der Waals surface area (Å²) in [6.45, 7) is 14.0. The number of carbonyl (C=O) groups excluding carboxylic acids is 1. The Labute approximate surface area is 246 Å². The molecule has 0 aliphatic carbocycles. The third-order valence-corrected chi connectivity index (χ3v) is 9.05. The second-order valence-corrected chi connectivity index (χ2v) is 13.0. The largest absolute Gasteiger partial charge is 0.477 e. The van der Waals surface area contributed by atoms with Gasteiger partial charge in [0, 0.05) is 40.6 Å². The first-order chi connectivity index (χ1) is 19.6. The number of rotatable bonds is 1. The molecule has 2 aliphatic heterocycles. The van der Waals surface area contributed by atoms with Gasteiger partial charge in [0.1, 0.15) is 0 Å². The third-order valence-electron chi connectivity index (χ3n) is 8.28. The summed E-state index contributed by atoms with van der Waals surface area (Å²) >= 11 is 1.39. The van der Waals surface area contributed by atoms with Crippen LogP contribution in [0.5, 0.6) is 5.88 Å². The van der Waals surface area contributed by atoms with Gasteiger partial charge in [-0.3, -0.25) is 9.52 Å². The maximum absolute atomic E-state index is 13.9. The molecular weight excluding hydrogens is 528 g/mol. The molecule has 7 heteroatoms. The van der Waals surface area contributed by atoms with Crippen molar-refractivity contribution in [1.29, 1.82) is 0 Å². The van der Waals surface area contributed by atoms with Gasteiger partial charge in [-0.25, -0.2) is 4.98 Å². The summed E-state index contributed by atoms with van der Waals surface area (Å²) in [5.41, 5.74) is 8.54. The molecule has 0 radical (unpaired) electrons. The van der Waals surface area contributed by atoms with Gasteiger partial charge in [0.2, 0.25) is 11.8 Å². The van der Waals surface area contributed by atoms with E-state index in [2.05, 4.69) is 82.7 Å². The van der Waals surface area contributed by atoms with E-state index in [-0.39, 0.29) is 23.3 Å². The number of nitrogens with zero attached hydrogens (tertiary/aromatic N) is 3. The highest BCUT2D eigenvalue weighted by atomic mass is 32.2. The number of hydrogen-bond acceptors (Lipinski definition) is 6. The molecule has 210 valence electrons. The fourth-order valence-electron chi connectivity index (χ4n) is 5.89. The normalized spacial score (nSPS) is 18.6. The van der Waals surface area contributed by atoms with Gasteiger partial charge in [-0.1, -0.05) is 63.2 Å². The van der Waals surface area contributed by atoms with Gasteiger partial charge in [-0.05, 0) is 84.2 Å². The number of nitrogens with one attached hydrogen (secondary N) is 1. The van der Waals surface area contributed by atoms with Crippen molar-refractivity contribution in [2.45, 2.75) is 70.4 Å². The summed E-state index contributed by atoms with van der Waals surface area (Å²) in [5, 5.41) is 0. The third kappa shape index (κ3) is 5.31. The zero-order valence-electron chi connectivity index (χ0n) is 24.5. The van der Waals surface area contributed by atoms with Crippen LogP contribution in [0.3, 0.4) is 0 Å². The van der Waals surface area contributed by atoms with Crippen LogP contribution in [-0.4, -0.2) is 33.4 Å². The van der Waals surface area contributed by atoms with E-state index < -0.39 is 0 Å². The highest BCUT2D eigenvalue weighted by Gasteiger charge is 2.36. The molecule has 1 amide bonds. The second kappa shape index (κ2) is 10.5. The van der Waals surface area contributed by atoms with Crippen molar-refractivity contribution < 1.29 is 9.53 Å². The summed E-state index contributed by atoms with van der Waals surface area (Å²) < 4.78 is 9.79. The van der Waals surface area contributed by atoms with Crippen LogP contribution in [0.15, 0.2) is 71.6 Å². The number of carbonyl (C=O) groups is 1. The van der Waals surface area contributed by atoms with E-state index in [1.807, 2.05) is 35.2 Å². The van der Waals surface area contributed by atoms with Crippen molar-refractivity contribution in [2.75, 3.05) is 11.3 Å². The summed E-state index contributed by atoms with van der Waals surface area (Å²) in [7, 11) is 0. The number of ether oxygens (including phenoxy) is 1. The van der Waals surface area contributed by atoms with Crippen LogP contribution in [0.2, 0.25) is 0 Å². The minimum atomic E-state index is -0.0627. The molecule has 6 bridgehead atoms. The minimum Gasteiger partial charge on any atom is -0.477 e. The number of fused-ring (bicyclic) bond motifs is 8. The van der Waals surface area contributed by atoms with Crippen LogP contribution in [0.25, 0.3) is 11.3 Å². The Hall–Kier alpha value is -3.84. The van der Waals surface area contributed by atoms with Gasteiger partial charge in [-0.2, -0.15) is 4.98 Å². The first kappa shape index (κ1) is 27.3. The van der Waals surface area contributed by atoms with Gasteiger partial charge >= 0.3 is 0 Å². The smallest absolute Gasteiger partial charge is 0.254 e. The maximum Gasteiger partial charge on any atom is 0.254 e. The zero-order valence-corrected chi connectivity index (χ0v) is 25.3. The lowest BCUT2D eigenvalue weighted by Gasteiger charge is -2.41. The predicted octanol–water partition coefficient (Wildman–Crippen LogP) is 7.70. The molecule has 1 aromatic heterocycles. The fourth-order valence-corrected chi connectivity index (χ4v) is 6.52. The average Bonchev–Trinajstić information content (AvgIpc) is 2.94. The Bertz CT molecular complexity index is 1620. The van der Waals surface area contributed by atoms with Gasteiger partial charge in [-0.15, -0.1) is 0 Å². The molecule has 2 unspecified atom stereocenters. The number of aryl methyl sites for hydroxylation is 2. The van der Waals surface area contributed by atoms with Crippen molar-refractivity contribution in [3.8, 4) is 17.1 Å². The number of amides is 1. The summed E-state index contributed by atoms with van der Waals surface area (Å²) in [5.74, 6) is 0.982. The van der Waals surface area contributed by atoms with Crippen molar-refractivity contribution >= 4 is 23.8 Å². The van der Waals surface area contributed by atoms with E-state index in [0.29, 0.717) is 30.5 Å². The molecule has 2 aliphatic rings. The van der Waals surface area contributed by atoms with Crippen LogP contribution in [-0.2, 0) is 12.0 Å². The Balaban J connectivity index is 1.48. The Morgan fingerprint density at radius 3 is 2.49 bits per heavy atom. The molecule has 6 rings (SSSR count). The maximum atomic E-state index is 13.9. The molecule has 0 saturated heterocycles. The van der Waals surface area contributed by atoms with Crippen LogP contribution in [0, 0.1) is 13.8 Å². The molecule has 0 saturated carbocycles. The SMILES string of the molecule is Cc1cccc(C)c1-c1cc2nc(n1)NSc1cccc(c1)C(=O)N1Cc3cc(C(C)(C)C)ccc3C(CO2)C1C. The van der Waals surface area contributed by atoms with Crippen LogP contribution >= 0.6 is 11.9 Å². The first-order valence-corrected chi connectivity index (χ1v) is 15.0. The lowest BCUT2D eigenvalue weighted by atomic mass is 9.79. The highest BCUT2D eigenvalue weighted by molar-refractivity contribution is 8.00. The van der Waals surface area contributed by atoms with Crippen molar-refractivity contribution in [3.05, 3.63) is 100 Å². The summed E-state index contributed by atoms with van der Waals surface area (Å²) in [4.78, 5) is 26.5. The molecule has 4 aromatic rings. The first-order valence-electron chi connectivity index (χ1n) is 14.1. The zero-order chi connectivity index (χ0) is 28.9. The fraction of sp³-hybridized carbons (Fsp3) is 0.324. The van der Waals surface area contributed by atoms with Crippen molar-refractivity contribution in [1.82, 2.24) is 14.9 Å². The Morgan fingerprint density at radius 1 is 0.976 bits per heavy atom. The average molecular weight is 565 g/mol. The molecule has 0 fully saturated rings. The van der Waals surface area contributed by atoms with Gasteiger partial charge in [0.25, 0.3) is 5.91 Å².